The first kappa shape index (κ1) is 9.48. The van der Waals surface area contributed by atoms with Crippen molar-refractivity contribution in [2.75, 3.05) is 0 Å². The van der Waals surface area contributed by atoms with Crippen LogP contribution >= 0.6 is 0 Å². The second kappa shape index (κ2) is 4.97. The van der Waals surface area contributed by atoms with E-state index in [0.717, 1.165) is 5.52 Å². The zero-order valence-corrected chi connectivity index (χ0v) is 7.96. The molecular weight excluding hydrogens is 192 g/mol. The second-order valence-electron chi connectivity index (χ2n) is 2.80. The highest BCUT2D eigenvalue weighted by Gasteiger charge is 1.86. The number of hydrogen-bond donors (Lipinski definition) is 1. The van der Waals surface area contributed by atoms with Gasteiger partial charge in [0.2, 0.25) is 0 Å². The highest BCUT2D eigenvalue weighted by molar-refractivity contribution is 5.77. The zero-order chi connectivity index (χ0) is 10.3. The van der Waals surface area contributed by atoms with Gasteiger partial charge in [-0.05, 0) is 12.1 Å². The minimum Gasteiger partial charge on any atom is -0.321 e. The molecular formula is C11H10N2O2. The van der Waals surface area contributed by atoms with Gasteiger partial charge in [-0.25, -0.2) is 5.48 Å². The molecule has 1 aliphatic rings. The van der Waals surface area contributed by atoms with Crippen LogP contribution in [0.3, 0.4) is 0 Å². The molecule has 0 bridgehead atoms. The molecule has 0 fully saturated rings. The summed E-state index contributed by atoms with van der Waals surface area (Å²) in [5.41, 5.74) is 3.38. The molecule has 0 amide bonds. The SMILES string of the molecule is C1=COON1.c1ccc2ncccc2c1. The molecule has 1 aliphatic heterocycles. The van der Waals surface area contributed by atoms with Gasteiger partial charge < -0.3 is 4.89 Å². The van der Waals surface area contributed by atoms with Crippen molar-refractivity contribution in [2.24, 2.45) is 0 Å². The predicted molar refractivity (Wildman–Crippen MR) is 56.2 cm³/mol. The molecule has 2 heterocycles. The number of para-hydroxylation sites is 1. The fourth-order valence-corrected chi connectivity index (χ4v) is 1.15. The number of hydroxylamine groups is 1. The van der Waals surface area contributed by atoms with Gasteiger partial charge in [0, 0.05) is 11.6 Å². The summed E-state index contributed by atoms with van der Waals surface area (Å²) in [6.07, 6.45) is 4.75. The van der Waals surface area contributed by atoms with E-state index < -0.39 is 0 Å². The van der Waals surface area contributed by atoms with Crippen LogP contribution in [0.2, 0.25) is 0 Å². The van der Waals surface area contributed by atoms with Gasteiger partial charge >= 0.3 is 0 Å². The molecule has 1 N–H and O–H groups in total. The lowest BCUT2D eigenvalue weighted by Crippen LogP contribution is -1.94. The first-order chi connectivity index (χ1) is 7.47. The van der Waals surface area contributed by atoms with Gasteiger partial charge in [-0.3, -0.25) is 4.98 Å². The lowest BCUT2D eigenvalue weighted by Gasteiger charge is -1.91. The van der Waals surface area contributed by atoms with E-state index in [9.17, 15) is 0 Å². The Morgan fingerprint density at radius 2 is 1.93 bits per heavy atom. The van der Waals surface area contributed by atoms with E-state index in [4.69, 9.17) is 0 Å². The predicted octanol–water partition coefficient (Wildman–Crippen LogP) is 2.16. The lowest BCUT2D eigenvalue weighted by molar-refractivity contribution is -0.264. The van der Waals surface area contributed by atoms with Gasteiger partial charge in [-0.15, -0.1) is 0 Å². The number of nitrogens with zero attached hydrogens (tertiary/aromatic N) is 1. The van der Waals surface area contributed by atoms with Gasteiger partial charge in [-0.1, -0.05) is 29.3 Å². The molecule has 0 atom stereocenters. The highest BCUT2D eigenvalue weighted by atomic mass is 17.3. The van der Waals surface area contributed by atoms with Crippen LogP contribution in [0.1, 0.15) is 0 Å². The fraction of sp³-hybridized carbons (Fsp3) is 0. The summed E-state index contributed by atoms with van der Waals surface area (Å²) in [5.74, 6) is 0. The van der Waals surface area contributed by atoms with E-state index in [1.54, 1.807) is 6.20 Å². The van der Waals surface area contributed by atoms with Crippen molar-refractivity contribution in [3.63, 3.8) is 0 Å². The summed E-state index contributed by atoms with van der Waals surface area (Å²) in [6.45, 7) is 0. The molecule has 0 saturated carbocycles. The largest absolute Gasteiger partial charge is 0.321 e. The fourth-order valence-electron chi connectivity index (χ4n) is 1.15. The van der Waals surface area contributed by atoms with E-state index in [1.807, 2.05) is 30.5 Å². The number of pyridine rings is 1. The van der Waals surface area contributed by atoms with Crippen molar-refractivity contribution in [1.82, 2.24) is 10.5 Å². The van der Waals surface area contributed by atoms with Crippen LogP contribution < -0.4 is 5.48 Å². The number of rotatable bonds is 0. The molecule has 0 saturated heterocycles. The molecule has 4 heteroatoms. The van der Waals surface area contributed by atoms with E-state index in [2.05, 4.69) is 32.5 Å². The first-order valence-electron chi connectivity index (χ1n) is 4.49. The summed E-state index contributed by atoms with van der Waals surface area (Å²) < 4.78 is 0. The van der Waals surface area contributed by atoms with Crippen LogP contribution in [0.4, 0.5) is 0 Å². The quantitative estimate of drug-likeness (QED) is 0.665. The number of aromatic nitrogens is 1. The summed E-state index contributed by atoms with van der Waals surface area (Å²) >= 11 is 0. The maximum Gasteiger partial charge on any atom is 0.150 e. The number of nitrogens with one attached hydrogen (secondary N) is 1. The topological polar surface area (TPSA) is 43.4 Å². The van der Waals surface area contributed by atoms with Crippen LogP contribution in [0.15, 0.2) is 55.1 Å². The van der Waals surface area contributed by atoms with Crippen LogP contribution in [0.25, 0.3) is 10.9 Å². The van der Waals surface area contributed by atoms with E-state index in [0.29, 0.717) is 0 Å². The molecule has 3 rings (SSSR count). The highest BCUT2D eigenvalue weighted by Crippen LogP contribution is 2.07. The van der Waals surface area contributed by atoms with Gasteiger partial charge in [-0.2, -0.15) is 0 Å². The summed E-state index contributed by atoms with van der Waals surface area (Å²) in [6, 6.07) is 12.1. The van der Waals surface area contributed by atoms with Crippen molar-refractivity contribution in [1.29, 1.82) is 0 Å². The number of fused-ring (bicyclic) bond motifs is 1. The van der Waals surface area contributed by atoms with Crippen LogP contribution in [-0.2, 0) is 9.88 Å². The maximum atomic E-state index is 4.18. The minimum atomic E-state index is 1.06. The summed E-state index contributed by atoms with van der Waals surface area (Å²) in [7, 11) is 0. The molecule has 15 heavy (non-hydrogen) atoms. The minimum absolute atomic E-state index is 1.06. The summed E-state index contributed by atoms with van der Waals surface area (Å²) in [5, 5.41) is 1.20. The van der Waals surface area contributed by atoms with E-state index >= 15 is 0 Å². The Morgan fingerprint density at radius 3 is 2.60 bits per heavy atom. The third kappa shape index (κ3) is 2.69. The van der Waals surface area contributed by atoms with Crippen LogP contribution in [0.5, 0.6) is 0 Å². The first-order valence-corrected chi connectivity index (χ1v) is 4.49. The van der Waals surface area contributed by atoms with Crippen molar-refractivity contribution in [3.8, 4) is 0 Å². The van der Waals surface area contributed by atoms with E-state index in [-0.39, 0.29) is 0 Å². The molecule has 0 spiro atoms. The normalized spacial score (nSPS) is 12.5. The Morgan fingerprint density at radius 1 is 1.07 bits per heavy atom. The summed E-state index contributed by atoms with van der Waals surface area (Å²) in [4.78, 5) is 12.4. The maximum absolute atomic E-state index is 4.18. The molecule has 0 radical (unpaired) electrons. The number of benzene rings is 1. The molecule has 0 aliphatic carbocycles. The van der Waals surface area contributed by atoms with Gasteiger partial charge in [0.05, 0.1) is 11.7 Å². The van der Waals surface area contributed by atoms with Crippen molar-refractivity contribution < 1.29 is 9.88 Å². The van der Waals surface area contributed by atoms with Crippen molar-refractivity contribution in [3.05, 3.63) is 55.1 Å². The van der Waals surface area contributed by atoms with Gasteiger partial charge in [0.15, 0.2) is 0 Å². The standard InChI is InChI=1S/C9H7N.C2H3NO2/c1-2-6-9-8(4-1)5-3-7-10-9;1-2-4-5-3-1/h1-7H;1-3H. The zero-order valence-electron chi connectivity index (χ0n) is 7.96. The Hall–Kier alpha value is -2.07. The van der Waals surface area contributed by atoms with Crippen LogP contribution in [-0.4, -0.2) is 4.98 Å². The Balaban J connectivity index is 0.000000144. The molecule has 0 unspecified atom stereocenters. The van der Waals surface area contributed by atoms with Crippen LogP contribution in [0, 0.1) is 0 Å². The average Bonchev–Trinajstić information content (AvgIpc) is 2.88. The third-order valence-corrected chi connectivity index (χ3v) is 1.80. The van der Waals surface area contributed by atoms with Crippen molar-refractivity contribution >= 4 is 10.9 Å². The smallest absolute Gasteiger partial charge is 0.150 e. The molecule has 1 aromatic carbocycles. The second-order valence-corrected chi connectivity index (χ2v) is 2.80. The third-order valence-electron chi connectivity index (χ3n) is 1.80. The Kier molecular flexibility index (Phi) is 3.14. The van der Waals surface area contributed by atoms with Gasteiger partial charge in [0.1, 0.15) is 6.26 Å². The average molecular weight is 202 g/mol. The molecule has 4 nitrogen and oxygen atoms in total. The molecule has 1 aromatic heterocycles. The van der Waals surface area contributed by atoms with E-state index in [1.165, 1.54) is 11.6 Å². The molecule has 76 valence electrons. The Labute approximate surface area is 87.0 Å². The molecule has 2 aromatic rings. The number of hydrogen-bond acceptors (Lipinski definition) is 4. The monoisotopic (exact) mass is 202 g/mol. The van der Waals surface area contributed by atoms with Gasteiger partial charge in [0.25, 0.3) is 0 Å². The Bertz CT molecular complexity index is 386. The lowest BCUT2D eigenvalue weighted by atomic mass is 10.2. The van der Waals surface area contributed by atoms with Crippen molar-refractivity contribution in [2.45, 2.75) is 0 Å².